The highest BCUT2D eigenvalue weighted by atomic mass is 79.9. The summed E-state index contributed by atoms with van der Waals surface area (Å²) in [4.78, 5) is 0. The van der Waals surface area contributed by atoms with E-state index in [-0.39, 0.29) is 0 Å². The van der Waals surface area contributed by atoms with Crippen molar-refractivity contribution < 1.29 is 0 Å². The first-order chi connectivity index (χ1) is 12.3. The van der Waals surface area contributed by atoms with Crippen LogP contribution in [0.2, 0.25) is 78.6 Å². The van der Waals surface area contributed by atoms with Gasteiger partial charge in [-0.05, 0) is 40.9 Å². The van der Waals surface area contributed by atoms with Crippen molar-refractivity contribution in [3.63, 3.8) is 0 Å². The van der Waals surface area contributed by atoms with Crippen LogP contribution in [0, 0.1) is 0 Å². The molecule has 28 heavy (non-hydrogen) atoms. The smallest absolute Gasteiger partial charge is 0.0919 e. The van der Waals surface area contributed by atoms with E-state index in [2.05, 4.69) is 133 Å². The summed E-state index contributed by atoms with van der Waals surface area (Å²) in [6.07, 6.45) is 0. The van der Waals surface area contributed by atoms with Crippen LogP contribution in [0.3, 0.4) is 0 Å². The molecule has 0 nitrogen and oxygen atoms in total. The molecule has 0 unspecified atom stereocenters. The van der Waals surface area contributed by atoms with Gasteiger partial charge in [0.2, 0.25) is 0 Å². The molecular formula is C20H36Br2S2Si4. The average molecular weight is 613 g/mol. The fourth-order valence-electron chi connectivity index (χ4n) is 3.29. The second-order valence-electron chi connectivity index (χ2n) is 11.9. The molecule has 0 amide bonds. The van der Waals surface area contributed by atoms with E-state index in [1.165, 1.54) is 8.95 Å². The topological polar surface area (TPSA) is 0 Å². The molecule has 0 saturated carbocycles. The van der Waals surface area contributed by atoms with Crippen molar-refractivity contribution in [2.24, 2.45) is 0 Å². The molecule has 8 heteroatoms. The largest absolute Gasteiger partial charge is 0.153 e. The van der Waals surface area contributed by atoms with Crippen LogP contribution in [0.1, 0.15) is 0 Å². The number of hydrogen-bond acceptors (Lipinski definition) is 2. The van der Waals surface area contributed by atoms with Crippen molar-refractivity contribution in [2.45, 2.75) is 78.6 Å². The third kappa shape index (κ3) is 5.00. The fraction of sp³-hybridized carbons (Fsp3) is 0.600. The second-order valence-corrected chi connectivity index (χ2v) is 37.0. The Bertz CT molecular complexity index is 812. The van der Waals surface area contributed by atoms with Crippen molar-refractivity contribution in [3.8, 4) is 11.1 Å². The van der Waals surface area contributed by atoms with E-state index in [9.17, 15) is 0 Å². The van der Waals surface area contributed by atoms with Gasteiger partial charge in [0.15, 0.2) is 0 Å². The molecule has 158 valence electrons. The summed E-state index contributed by atoms with van der Waals surface area (Å²) in [5, 5.41) is 0. The molecule has 0 N–H and O–H groups in total. The Morgan fingerprint density at radius 2 is 0.643 bits per heavy atom. The first-order valence-electron chi connectivity index (χ1n) is 9.94. The Morgan fingerprint density at radius 3 is 0.821 bits per heavy atom. The Labute approximate surface area is 201 Å². The predicted molar refractivity (Wildman–Crippen MR) is 155 cm³/mol. The van der Waals surface area contributed by atoms with Crippen LogP contribution in [-0.2, 0) is 0 Å². The molecule has 2 aromatic rings. The Morgan fingerprint density at radius 1 is 0.429 bits per heavy atom. The summed E-state index contributed by atoms with van der Waals surface area (Å²) >= 11 is 12.5. The molecular weight excluding hydrogens is 577 g/mol. The van der Waals surface area contributed by atoms with Gasteiger partial charge in [-0.3, -0.25) is 0 Å². The van der Waals surface area contributed by atoms with Crippen LogP contribution in [-0.4, -0.2) is 32.3 Å². The first kappa shape index (κ1) is 25.5. The third-order valence-electron chi connectivity index (χ3n) is 4.67. The maximum Gasteiger partial charge on any atom is 0.0919 e. The zero-order chi connectivity index (χ0) is 22.0. The summed E-state index contributed by atoms with van der Waals surface area (Å²) in [5.74, 6) is 0. The highest BCUT2D eigenvalue weighted by molar-refractivity contribution is 9.11. The Kier molecular flexibility index (Phi) is 7.26. The lowest BCUT2D eigenvalue weighted by Crippen LogP contribution is -2.40. The molecule has 0 bridgehead atoms. The standard InChI is InChI=1S/C20H36Br2S2Si4/c1-25(2,3)17-13(15(21)19(23-17)27(7,8)9)14-16(22)20(28(10,11)12)24-18(14)26(4,5)6/h1-12H3. The van der Waals surface area contributed by atoms with Crippen molar-refractivity contribution in [2.75, 3.05) is 0 Å². The third-order valence-corrected chi connectivity index (χ3v) is 24.2. The molecule has 0 fully saturated rings. The van der Waals surface area contributed by atoms with Crippen molar-refractivity contribution in [1.29, 1.82) is 0 Å². The molecule has 0 radical (unpaired) electrons. The van der Waals surface area contributed by atoms with E-state index >= 15 is 0 Å². The van der Waals surface area contributed by atoms with Gasteiger partial charge in [-0.1, -0.05) is 78.6 Å². The second kappa shape index (κ2) is 7.97. The summed E-state index contributed by atoms with van der Waals surface area (Å²) in [7, 11) is -5.76. The lowest BCUT2D eigenvalue weighted by atomic mass is 10.2. The molecule has 0 aromatic carbocycles. The number of rotatable bonds is 5. The van der Waals surface area contributed by atoms with E-state index in [4.69, 9.17) is 0 Å². The van der Waals surface area contributed by atoms with E-state index in [0.29, 0.717) is 0 Å². The lowest BCUT2D eigenvalue weighted by molar-refractivity contribution is 1.69. The van der Waals surface area contributed by atoms with Gasteiger partial charge in [0, 0.05) is 29.1 Å². The van der Waals surface area contributed by atoms with Crippen LogP contribution < -0.4 is 18.0 Å². The SMILES string of the molecule is C[Si](C)(C)c1sc([Si](C)(C)C)c(-c2c([Si](C)(C)C)sc([Si](C)(C)C)c2Br)c1Br. The molecule has 0 atom stereocenters. The average Bonchev–Trinajstić information content (AvgIpc) is 2.94. The van der Waals surface area contributed by atoms with E-state index in [0.717, 1.165) is 0 Å². The minimum absolute atomic E-state index is 1.41. The highest BCUT2D eigenvalue weighted by Crippen LogP contribution is 2.39. The van der Waals surface area contributed by atoms with Gasteiger partial charge in [-0.15, -0.1) is 0 Å². The summed E-state index contributed by atoms with van der Waals surface area (Å²) in [6.45, 7) is 30.0. The summed E-state index contributed by atoms with van der Waals surface area (Å²) < 4.78 is 9.44. The summed E-state index contributed by atoms with van der Waals surface area (Å²) in [6, 6.07) is 0. The molecule has 0 aliphatic rings. The zero-order valence-corrected chi connectivity index (χ0v) is 28.4. The van der Waals surface area contributed by atoms with E-state index in [1.54, 1.807) is 29.1 Å². The molecule has 0 aliphatic heterocycles. The van der Waals surface area contributed by atoms with Gasteiger partial charge >= 0.3 is 0 Å². The fourth-order valence-corrected chi connectivity index (χ4v) is 20.5. The predicted octanol–water partition coefficient (Wildman–Crippen LogP) is 7.18. The number of halogens is 2. The van der Waals surface area contributed by atoms with Crippen molar-refractivity contribution >= 4 is 105 Å². The van der Waals surface area contributed by atoms with E-state index in [1.807, 2.05) is 0 Å². The summed E-state index contributed by atoms with van der Waals surface area (Å²) in [5.41, 5.74) is 3.10. The maximum atomic E-state index is 4.14. The maximum absolute atomic E-state index is 4.14. The van der Waals surface area contributed by atoms with Crippen LogP contribution in [0.15, 0.2) is 8.95 Å². The molecule has 0 spiro atoms. The zero-order valence-electron chi connectivity index (χ0n) is 19.6. The molecule has 2 rings (SSSR count). The van der Waals surface area contributed by atoms with Crippen molar-refractivity contribution in [1.82, 2.24) is 0 Å². The van der Waals surface area contributed by atoms with Gasteiger partial charge in [0.25, 0.3) is 0 Å². The van der Waals surface area contributed by atoms with Gasteiger partial charge < -0.3 is 0 Å². The van der Waals surface area contributed by atoms with Crippen LogP contribution >= 0.6 is 54.5 Å². The van der Waals surface area contributed by atoms with Gasteiger partial charge in [-0.25, -0.2) is 0 Å². The molecule has 2 aromatic heterocycles. The minimum atomic E-state index is -1.47. The van der Waals surface area contributed by atoms with Gasteiger partial charge in [0.05, 0.1) is 32.3 Å². The monoisotopic (exact) mass is 610 g/mol. The number of hydrogen-bond donors (Lipinski definition) is 0. The molecule has 2 heterocycles. The highest BCUT2D eigenvalue weighted by Gasteiger charge is 2.38. The molecule has 0 saturated heterocycles. The van der Waals surface area contributed by atoms with Crippen LogP contribution in [0.25, 0.3) is 11.1 Å². The Balaban J connectivity index is 3.04. The van der Waals surface area contributed by atoms with Crippen molar-refractivity contribution in [3.05, 3.63) is 8.95 Å². The Hall–Kier alpha value is 1.23. The van der Waals surface area contributed by atoms with Gasteiger partial charge in [-0.2, -0.15) is 22.7 Å². The van der Waals surface area contributed by atoms with Gasteiger partial charge in [0.1, 0.15) is 0 Å². The molecule has 0 aliphatic carbocycles. The first-order valence-corrected chi connectivity index (χ1v) is 27.2. The van der Waals surface area contributed by atoms with E-state index < -0.39 is 32.3 Å². The van der Waals surface area contributed by atoms with Crippen LogP contribution in [0.4, 0.5) is 0 Å². The lowest BCUT2D eigenvalue weighted by Gasteiger charge is -2.21. The minimum Gasteiger partial charge on any atom is -0.153 e. The quantitative estimate of drug-likeness (QED) is 0.314. The number of thiophene rings is 2. The normalized spacial score (nSPS) is 14.1. The van der Waals surface area contributed by atoms with Crippen LogP contribution in [0.5, 0.6) is 0 Å².